The van der Waals surface area contributed by atoms with E-state index in [-0.39, 0.29) is 16.3 Å². The molecule has 0 N–H and O–H groups in total. The van der Waals surface area contributed by atoms with Crippen molar-refractivity contribution >= 4 is 33.0 Å². The molecule has 3 nitrogen and oxygen atoms in total. The van der Waals surface area contributed by atoms with E-state index in [1.807, 2.05) is 27.9 Å². The van der Waals surface area contributed by atoms with Gasteiger partial charge in [-0.15, -0.1) is 0 Å². The maximum atomic E-state index is 12.9. The van der Waals surface area contributed by atoms with Crippen molar-refractivity contribution in [2.75, 3.05) is 7.11 Å². The van der Waals surface area contributed by atoms with Gasteiger partial charge in [0.05, 0.1) is 6.10 Å². The van der Waals surface area contributed by atoms with Crippen molar-refractivity contribution in [3.63, 3.8) is 0 Å². The minimum absolute atomic E-state index is 0.0299. The number of methoxy groups -OCH3 is 1. The van der Waals surface area contributed by atoms with Gasteiger partial charge < -0.3 is 9.29 Å². The van der Waals surface area contributed by atoms with Crippen molar-refractivity contribution < 1.29 is 9.29 Å². The molecule has 1 aromatic carbocycles. The van der Waals surface area contributed by atoms with Crippen molar-refractivity contribution in [1.29, 1.82) is 0 Å². The second-order valence-corrected chi connectivity index (χ2v) is 11.9. The largest absolute Gasteiger partial charge is 0.591 e. The predicted molar refractivity (Wildman–Crippen MR) is 113 cm³/mol. The molecule has 1 saturated carbocycles. The lowest BCUT2D eigenvalue weighted by molar-refractivity contribution is -0.0342. The van der Waals surface area contributed by atoms with Gasteiger partial charge >= 0.3 is 0 Å². The summed E-state index contributed by atoms with van der Waals surface area (Å²) in [6.45, 7) is 10.5. The molecule has 5 atom stereocenters. The van der Waals surface area contributed by atoms with E-state index >= 15 is 0 Å². The van der Waals surface area contributed by atoms with Crippen molar-refractivity contribution in [3.8, 4) is 0 Å². The third-order valence-corrected chi connectivity index (χ3v) is 7.76. The number of hydrogen-bond acceptors (Lipinski definition) is 3. The molecule has 3 rings (SSSR count). The molecule has 0 amide bonds. The number of benzene rings is 1. The van der Waals surface area contributed by atoms with Crippen LogP contribution >= 0.6 is 15.9 Å². The van der Waals surface area contributed by atoms with E-state index in [1.54, 1.807) is 0 Å². The number of hydrogen-bond donors (Lipinski definition) is 0. The number of ether oxygens (including phenoxy) is 1. The Kier molecular flexibility index (Phi) is 5.67. The van der Waals surface area contributed by atoms with E-state index in [1.165, 1.54) is 11.1 Å². The molecule has 0 heterocycles. The van der Waals surface area contributed by atoms with E-state index < -0.39 is 11.4 Å². The number of rotatable bonds is 2. The van der Waals surface area contributed by atoms with E-state index in [9.17, 15) is 4.55 Å². The molecule has 1 aromatic rings. The summed E-state index contributed by atoms with van der Waals surface area (Å²) in [5.41, 5.74) is 3.52. The highest BCUT2D eigenvalue weighted by molar-refractivity contribution is 9.10. The quantitative estimate of drug-likeness (QED) is 0.584. The van der Waals surface area contributed by atoms with E-state index in [4.69, 9.17) is 9.13 Å². The van der Waals surface area contributed by atoms with Gasteiger partial charge in [-0.3, -0.25) is 0 Å². The summed E-state index contributed by atoms with van der Waals surface area (Å²) in [6, 6.07) is 6.45. The molecule has 0 aliphatic heterocycles. The first-order valence-corrected chi connectivity index (χ1v) is 11.3. The highest BCUT2D eigenvalue weighted by atomic mass is 79.9. The topological polar surface area (TPSA) is 44.6 Å². The Morgan fingerprint density at radius 3 is 2.38 bits per heavy atom. The Labute approximate surface area is 169 Å². The fourth-order valence-electron chi connectivity index (χ4n) is 4.93. The van der Waals surface area contributed by atoms with Crippen LogP contribution in [0.4, 0.5) is 0 Å². The Hall–Kier alpha value is -0.360. The van der Waals surface area contributed by atoms with Crippen LogP contribution in [-0.2, 0) is 22.5 Å². The van der Waals surface area contributed by atoms with Crippen LogP contribution in [0.5, 0.6) is 0 Å². The van der Waals surface area contributed by atoms with Gasteiger partial charge in [0.25, 0.3) is 0 Å². The third kappa shape index (κ3) is 3.65. The second-order valence-electron chi connectivity index (χ2n) is 9.12. The first-order chi connectivity index (χ1) is 12.1. The number of fused-ring (bicyclic) bond motifs is 1. The Balaban J connectivity index is 2.09. The molecule has 5 heteroatoms. The van der Waals surface area contributed by atoms with Gasteiger partial charge in [0.2, 0.25) is 0 Å². The maximum absolute atomic E-state index is 12.9. The molecule has 0 saturated heterocycles. The zero-order valence-corrected chi connectivity index (χ0v) is 19.0. The second kappa shape index (κ2) is 7.23. The molecule has 0 bridgehead atoms. The lowest BCUT2D eigenvalue weighted by atomic mass is 9.63. The molecular weight excluding hydrogens is 410 g/mol. The average Bonchev–Trinajstić information content (AvgIpc) is 2.79. The van der Waals surface area contributed by atoms with Crippen LogP contribution in [0.1, 0.15) is 58.6 Å². The average molecular weight is 440 g/mol. The highest BCUT2D eigenvalue weighted by Gasteiger charge is 2.51. The molecule has 2 aliphatic carbocycles. The van der Waals surface area contributed by atoms with E-state index in [2.05, 4.69) is 48.0 Å². The zero-order valence-electron chi connectivity index (χ0n) is 16.6. The van der Waals surface area contributed by atoms with Crippen LogP contribution in [0.25, 0.3) is 0 Å². The van der Waals surface area contributed by atoms with Crippen LogP contribution in [0.2, 0.25) is 0 Å². The van der Waals surface area contributed by atoms with Gasteiger partial charge in [-0.05, 0) is 69.6 Å². The summed E-state index contributed by atoms with van der Waals surface area (Å²) in [5, 5.41) is 0. The maximum Gasteiger partial charge on any atom is 0.144 e. The smallest absolute Gasteiger partial charge is 0.144 e. The van der Waals surface area contributed by atoms with Crippen LogP contribution in [0.15, 0.2) is 27.1 Å². The Morgan fingerprint density at radius 2 is 1.85 bits per heavy atom. The summed E-state index contributed by atoms with van der Waals surface area (Å²) in [4.78, 5) is 0. The molecule has 26 heavy (non-hydrogen) atoms. The molecule has 1 spiro atoms. The fraction of sp³-hybridized carbons (Fsp3) is 0.667. The van der Waals surface area contributed by atoms with Gasteiger partial charge in [0.15, 0.2) is 0 Å². The summed E-state index contributed by atoms with van der Waals surface area (Å²) in [5.74, 6) is 0.907. The van der Waals surface area contributed by atoms with Crippen molar-refractivity contribution in [3.05, 3.63) is 33.8 Å². The van der Waals surface area contributed by atoms with E-state index in [0.717, 1.165) is 29.4 Å². The molecule has 0 radical (unpaired) electrons. The summed E-state index contributed by atoms with van der Waals surface area (Å²) < 4.78 is 24.2. The van der Waals surface area contributed by atoms with Gasteiger partial charge in [0.1, 0.15) is 21.8 Å². The minimum atomic E-state index is -1.26. The van der Waals surface area contributed by atoms with Crippen molar-refractivity contribution in [1.82, 2.24) is 0 Å². The van der Waals surface area contributed by atoms with Crippen LogP contribution < -0.4 is 0 Å². The molecule has 0 aromatic heterocycles. The Bertz CT molecular complexity index is 700. The molecule has 2 aliphatic rings. The fourth-order valence-corrected chi connectivity index (χ4v) is 6.03. The standard InChI is InChI=1S/C21H30BrNO2S/c1-13-10-21(11-14(2)18(13)25-6)12-15-7-8-16(22)9-17(15)19(21)23-26(24)20(3,4)5/h7-9,13-14,18H,10-12H2,1-6H3/b23-19-/t13-,14+,18+,21+,26-/m0/s1. The minimum Gasteiger partial charge on any atom is -0.591 e. The van der Waals surface area contributed by atoms with Gasteiger partial charge in [-0.2, -0.15) is 0 Å². The summed E-state index contributed by atoms with van der Waals surface area (Å²) in [6.07, 6.45) is 3.33. The zero-order chi connectivity index (χ0) is 19.3. The highest BCUT2D eigenvalue weighted by Crippen LogP contribution is 2.52. The molecule has 1 fully saturated rings. The van der Waals surface area contributed by atoms with Gasteiger partial charge in [-0.25, -0.2) is 0 Å². The predicted octanol–water partition coefficient (Wildman–Crippen LogP) is 5.32. The van der Waals surface area contributed by atoms with Crippen molar-refractivity contribution in [2.24, 2.45) is 21.6 Å². The molecular formula is C21H30BrNO2S. The number of halogens is 1. The SMILES string of the molecule is CO[C@H]1[C@H](C)C[C@@]2(Cc3ccc(Br)cc3/C2=N/[S@@+]([O-])C(C)(C)C)C[C@@H]1C. The monoisotopic (exact) mass is 439 g/mol. The van der Waals surface area contributed by atoms with E-state index in [0.29, 0.717) is 11.8 Å². The third-order valence-electron chi connectivity index (χ3n) is 5.88. The van der Waals surface area contributed by atoms with Gasteiger partial charge in [0, 0.05) is 22.6 Å². The van der Waals surface area contributed by atoms with Crippen molar-refractivity contribution in [2.45, 2.75) is 64.7 Å². The first kappa shape index (κ1) is 20.4. The van der Waals surface area contributed by atoms with Crippen LogP contribution in [-0.4, -0.2) is 28.2 Å². The van der Waals surface area contributed by atoms with Crippen LogP contribution in [0, 0.1) is 17.3 Å². The summed E-state index contributed by atoms with van der Waals surface area (Å²) >= 11 is 2.34. The lowest BCUT2D eigenvalue weighted by Gasteiger charge is -2.44. The van der Waals surface area contributed by atoms with Gasteiger partial charge in [-0.1, -0.05) is 40.2 Å². The Morgan fingerprint density at radius 1 is 1.23 bits per heavy atom. The van der Waals surface area contributed by atoms with Crippen LogP contribution in [0.3, 0.4) is 0 Å². The summed E-state index contributed by atoms with van der Waals surface area (Å²) in [7, 11) is 1.82. The number of nitrogens with zero attached hydrogens (tertiary/aromatic N) is 1. The lowest BCUT2D eigenvalue weighted by Crippen LogP contribution is -2.45. The normalized spacial score (nSPS) is 34.3. The first-order valence-electron chi connectivity index (χ1n) is 9.40. The molecule has 144 valence electrons. The molecule has 0 unspecified atom stereocenters.